The number of nitrogens with zero attached hydrogens (tertiary/aromatic N) is 1. The second-order valence-electron chi connectivity index (χ2n) is 8.28. The fourth-order valence-electron chi connectivity index (χ4n) is 3.56. The third-order valence-electron chi connectivity index (χ3n) is 5.51. The molecule has 1 atom stereocenters. The largest absolute Gasteiger partial charge is 0.494 e. The molecule has 0 spiro atoms. The Kier molecular flexibility index (Phi) is 8.76. The Labute approximate surface area is 219 Å². The molecule has 6 nitrogen and oxygen atoms in total. The lowest BCUT2D eigenvalue weighted by atomic mass is 10.1. The maximum Gasteiger partial charge on any atom is 0.417 e. The molecule has 37 heavy (non-hydrogen) atoms. The molecule has 1 N–H and O–H groups in total. The fourth-order valence-corrected chi connectivity index (χ4v) is 5.20. The van der Waals surface area contributed by atoms with Crippen LogP contribution in [0, 0.1) is 6.92 Å². The summed E-state index contributed by atoms with van der Waals surface area (Å²) in [5, 5.41) is 2.12. The van der Waals surface area contributed by atoms with E-state index in [-0.39, 0.29) is 10.6 Å². The summed E-state index contributed by atoms with van der Waals surface area (Å²) in [7, 11) is -4.41. The average Bonchev–Trinajstić information content (AvgIpc) is 2.83. The number of amides is 1. The molecule has 0 heterocycles. The Balaban J connectivity index is 1.94. The van der Waals surface area contributed by atoms with Crippen LogP contribution in [0.3, 0.4) is 0 Å². The van der Waals surface area contributed by atoms with Crippen molar-refractivity contribution in [1.82, 2.24) is 5.32 Å². The van der Waals surface area contributed by atoms with E-state index >= 15 is 0 Å². The molecule has 1 unspecified atom stereocenters. The van der Waals surface area contributed by atoms with Crippen LogP contribution in [-0.4, -0.2) is 27.5 Å². The van der Waals surface area contributed by atoms with Crippen molar-refractivity contribution in [2.75, 3.05) is 17.5 Å². The molecule has 0 radical (unpaired) electrons. The van der Waals surface area contributed by atoms with Crippen LogP contribution in [-0.2, 0) is 21.0 Å². The molecule has 3 aromatic carbocycles. The minimum absolute atomic E-state index is 0.172. The number of sulfonamides is 1. The number of carbonyl (C=O) groups is 1. The van der Waals surface area contributed by atoms with Gasteiger partial charge in [0, 0.05) is 0 Å². The van der Waals surface area contributed by atoms with E-state index in [1.165, 1.54) is 12.1 Å². The number of hydrogen-bond acceptors (Lipinski definition) is 4. The topological polar surface area (TPSA) is 75.7 Å². The lowest BCUT2D eigenvalue weighted by Crippen LogP contribution is -2.41. The number of hydrogen-bond donors (Lipinski definition) is 1. The van der Waals surface area contributed by atoms with Crippen molar-refractivity contribution in [2.45, 2.75) is 37.9 Å². The summed E-state index contributed by atoms with van der Waals surface area (Å²) in [5.41, 5.74) is -0.0334. The van der Waals surface area contributed by atoms with Gasteiger partial charge in [-0.2, -0.15) is 13.2 Å². The Bertz CT molecular complexity index is 1350. The summed E-state index contributed by atoms with van der Waals surface area (Å²) in [5.74, 6) is -0.0519. The Morgan fingerprint density at radius 3 is 2.24 bits per heavy atom. The number of aryl methyl sites for hydroxylation is 1. The molecule has 0 aliphatic heterocycles. The first kappa shape index (κ1) is 28.3. The maximum atomic E-state index is 13.5. The van der Waals surface area contributed by atoms with Gasteiger partial charge in [-0.3, -0.25) is 9.10 Å². The van der Waals surface area contributed by atoms with Crippen LogP contribution in [0.15, 0.2) is 71.6 Å². The Morgan fingerprint density at radius 1 is 1.05 bits per heavy atom. The molecule has 1 amide bonds. The highest BCUT2D eigenvalue weighted by atomic mass is 35.5. The summed E-state index contributed by atoms with van der Waals surface area (Å²) >= 11 is 5.73. The third-order valence-corrected chi connectivity index (χ3v) is 7.63. The summed E-state index contributed by atoms with van der Waals surface area (Å²) in [6.45, 7) is 5.06. The van der Waals surface area contributed by atoms with Gasteiger partial charge in [0.25, 0.3) is 10.0 Å². The molecule has 11 heteroatoms. The first-order valence-corrected chi connectivity index (χ1v) is 13.1. The second-order valence-corrected chi connectivity index (χ2v) is 10.5. The van der Waals surface area contributed by atoms with Gasteiger partial charge in [-0.1, -0.05) is 41.4 Å². The number of rotatable bonds is 9. The van der Waals surface area contributed by atoms with Gasteiger partial charge in [0.2, 0.25) is 5.91 Å². The molecule has 198 valence electrons. The van der Waals surface area contributed by atoms with E-state index in [0.29, 0.717) is 22.7 Å². The van der Waals surface area contributed by atoms with Crippen molar-refractivity contribution in [3.8, 4) is 5.75 Å². The summed E-state index contributed by atoms with van der Waals surface area (Å²) in [6, 6.07) is 15.0. The van der Waals surface area contributed by atoms with Gasteiger partial charge >= 0.3 is 6.18 Å². The van der Waals surface area contributed by atoms with Crippen LogP contribution in [0.4, 0.5) is 18.9 Å². The molecule has 3 aromatic rings. The molecule has 0 saturated heterocycles. The predicted molar refractivity (Wildman–Crippen MR) is 136 cm³/mol. The quantitative estimate of drug-likeness (QED) is 0.345. The number of carbonyl (C=O) groups excluding carboxylic acids is 1. The Hall–Kier alpha value is -3.24. The number of ether oxygens (including phenoxy) is 1. The van der Waals surface area contributed by atoms with Crippen LogP contribution >= 0.6 is 11.6 Å². The highest BCUT2D eigenvalue weighted by Gasteiger charge is 2.35. The molecule has 0 aliphatic carbocycles. The number of nitrogens with one attached hydrogen (secondary N) is 1. The number of anilines is 1. The van der Waals surface area contributed by atoms with E-state index < -0.39 is 45.3 Å². The van der Waals surface area contributed by atoms with Crippen molar-refractivity contribution < 1.29 is 31.1 Å². The van der Waals surface area contributed by atoms with Crippen molar-refractivity contribution in [3.05, 3.63) is 88.4 Å². The minimum atomic E-state index is -4.82. The number of halogens is 4. The van der Waals surface area contributed by atoms with Gasteiger partial charge in [0.1, 0.15) is 12.3 Å². The molecule has 3 rings (SSSR count). The normalized spacial score (nSPS) is 12.6. The van der Waals surface area contributed by atoms with E-state index in [1.54, 1.807) is 50.2 Å². The third kappa shape index (κ3) is 6.95. The SMILES string of the molecule is CCOc1ccc(C(C)NC(=O)CN(c2ccc(Cl)c(C(F)(F)F)c2)S(=O)(=O)c2ccc(C)cc2)cc1. The highest BCUT2D eigenvalue weighted by Crippen LogP contribution is 2.38. The van der Waals surface area contributed by atoms with E-state index in [9.17, 15) is 26.4 Å². The van der Waals surface area contributed by atoms with Crippen molar-refractivity contribution in [3.63, 3.8) is 0 Å². The summed E-state index contributed by atoms with van der Waals surface area (Å²) < 4.78 is 73.6. The van der Waals surface area contributed by atoms with E-state index in [4.69, 9.17) is 16.3 Å². The first-order valence-electron chi connectivity index (χ1n) is 11.3. The molecular formula is C26H26ClF3N2O4S. The van der Waals surface area contributed by atoms with Gasteiger partial charge < -0.3 is 10.1 Å². The molecule has 0 saturated carbocycles. The number of benzene rings is 3. The van der Waals surface area contributed by atoms with Crippen LogP contribution < -0.4 is 14.4 Å². The molecular weight excluding hydrogens is 529 g/mol. The zero-order valence-electron chi connectivity index (χ0n) is 20.3. The van der Waals surface area contributed by atoms with Crippen LogP contribution in [0.5, 0.6) is 5.75 Å². The molecule has 0 aromatic heterocycles. The van der Waals surface area contributed by atoms with E-state index in [0.717, 1.165) is 23.3 Å². The maximum absolute atomic E-state index is 13.5. The van der Waals surface area contributed by atoms with Crippen molar-refractivity contribution >= 4 is 33.2 Å². The lowest BCUT2D eigenvalue weighted by Gasteiger charge is -2.26. The van der Waals surface area contributed by atoms with Gasteiger partial charge in [-0.15, -0.1) is 0 Å². The van der Waals surface area contributed by atoms with Crippen LogP contribution in [0.2, 0.25) is 5.02 Å². The number of alkyl halides is 3. The van der Waals surface area contributed by atoms with Crippen LogP contribution in [0.1, 0.15) is 36.6 Å². The van der Waals surface area contributed by atoms with E-state index in [2.05, 4.69) is 5.32 Å². The second kappa shape index (κ2) is 11.4. The average molecular weight is 555 g/mol. The first-order chi connectivity index (χ1) is 17.3. The van der Waals surface area contributed by atoms with Gasteiger partial charge in [-0.25, -0.2) is 8.42 Å². The van der Waals surface area contributed by atoms with Gasteiger partial charge in [0.05, 0.1) is 33.8 Å². The van der Waals surface area contributed by atoms with Crippen molar-refractivity contribution in [1.29, 1.82) is 0 Å². The summed E-state index contributed by atoms with van der Waals surface area (Å²) in [6.07, 6.45) is -4.82. The zero-order valence-corrected chi connectivity index (χ0v) is 21.9. The predicted octanol–water partition coefficient (Wildman–Crippen LogP) is 6.14. The van der Waals surface area contributed by atoms with Gasteiger partial charge in [0.15, 0.2) is 0 Å². The standard InChI is InChI=1S/C26H26ClF3N2O4S/c1-4-36-21-10-7-19(8-11-21)18(3)31-25(33)16-32(37(34,35)22-12-5-17(2)6-13-22)20-9-14-24(27)23(15-20)26(28,29)30/h5-15,18H,4,16H2,1-3H3,(H,31,33). The molecule has 0 fully saturated rings. The smallest absolute Gasteiger partial charge is 0.417 e. The minimum Gasteiger partial charge on any atom is -0.494 e. The fraction of sp³-hybridized carbons (Fsp3) is 0.269. The molecule has 0 bridgehead atoms. The van der Waals surface area contributed by atoms with E-state index in [1.807, 2.05) is 6.92 Å². The lowest BCUT2D eigenvalue weighted by molar-refractivity contribution is -0.137. The van der Waals surface area contributed by atoms with Crippen molar-refractivity contribution in [2.24, 2.45) is 0 Å². The van der Waals surface area contributed by atoms with Crippen LogP contribution in [0.25, 0.3) is 0 Å². The monoisotopic (exact) mass is 554 g/mol. The summed E-state index contributed by atoms with van der Waals surface area (Å²) in [4.78, 5) is 12.8. The molecule has 0 aliphatic rings. The Morgan fingerprint density at radius 2 is 1.68 bits per heavy atom. The van der Waals surface area contributed by atoms with Gasteiger partial charge in [-0.05, 0) is 68.8 Å². The zero-order chi connectivity index (χ0) is 27.4. The highest BCUT2D eigenvalue weighted by molar-refractivity contribution is 7.92.